The smallest absolute Gasteiger partial charge is 0.243 e. The van der Waals surface area contributed by atoms with Gasteiger partial charge >= 0.3 is 0 Å². The van der Waals surface area contributed by atoms with Gasteiger partial charge in [0.05, 0.1) is 0 Å². The van der Waals surface area contributed by atoms with E-state index < -0.39 is 12.1 Å². The highest BCUT2D eigenvalue weighted by Crippen LogP contribution is 2.23. The largest absolute Gasteiger partial charge is 0.354 e. The summed E-state index contributed by atoms with van der Waals surface area (Å²) in [7, 11) is 0. The number of carbonyl (C=O) groups is 3. The number of amides is 3. The van der Waals surface area contributed by atoms with Crippen molar-refractivity contribution < 1.29 is 14.4 Å². The Bertz CT molecular complexity index is 1020. The fourth-order valence-electron chi connectivity index (χ4n) is 5.04. The van der Waals surface area contributed by atoms with Crippen LogP contribution in [0, 0.1) is 5.92 Å². The van der Waals surface area contributed by atoms with Gasteiger partial charge in [0.15, 0.2) is 0 Å². The summed E-state index contributed by atoms with van der Waals surface area (Å²) in [4.78, 5) is 41.3. The molecule has 0 bridgehead atoms. The van der Waals surface area contributed by atoms with Gasteiger partial charge in [0, 0.05) is 25.4 Å². The van der Waals surface area contributed by atoms with Crippen LogP contribution in [0.25, 0.3) is 10.8 Å². The molecule has 1 unspecified atom stereocenters. The Balaban J connectivity index is 1.73. The van der Waals surface area contributed by atoms with Crippen molar-refractivity contribution >= 4 is 28.5 Å². The van der Waals surface area contributed by atoms with Crippen LogP contribution in [0.4, 0.5) is 0 Å². The minimum atomic E-state index is -0.709. The second-order valence-electron chi connectivity index (χ2n) is 9.79. The molecule has 1 aliphatic rings. The summed E-state index contributed by atoms with van der Waals surface area (Å²) < 4.78 is 0. The van der Waals surface area contributed by atoms with E-state index >= 15 is 0 Å². The SMILES string of the molecule is CCC(CC)C(=O)N1CCCC1C(=O)N[C@H](Cc1ccc2ccccc2c1)C(=O)NCCCCCN. The van der Waals surface area contributed by atoms with Gasteiger partial charge in [0.1, 0.15) is 12.1 Å². The van der Waals surface area contributed by atoms with E-state index in [1.54, 1.807) is 4.90 Å². The quantitative estimate of drug-likeness (QED) is 0.371. The van der Waals surface area contributed by atoms with E-state index in [-0.39, 0.29) is 23.6 Å². The fraction of sp³-hybridized carbons (Fsp3) is 0.552. The second kappa shape index (κ2) is 14.0. The Kier molecular flexibility index (Phi) is 10.7. The molecule has 4 N–H and O–H groups in total. The first-order valence-corrected chi connectivity index (χ1v) is 13.5. The Morgan fingerprint density at radius 1 is 1.03 bits per heavy atom. The van der Waals surface area contributed by atoms with Crippen molar-refractivity contribution in [1.82, 2.24) is 15.5 Å². The maximum Gasteiger partial charge on any atom is 0.243 e. The lowest BCUT2D eigenvalue weighted by molar-refractivity contribution is -0.142. The van der Waals surface area contributed by atoms with Crippen LogP contribution in [-0.4, -0.2) is 54.3 Å². The highest BCUT2D eigenvalue weighted by atomic mass is 16.2. The molecule has 1 fully saturated rings. The first kappa shape index (κ1) is 27.7. The molecule has 0 saturated carbocycles. The number of nitrogens with zero attached hydrogens (tertiary/aromatic N) is 1. The lowest BCUT2D eigenvalue weighted by Gasteiger charge is -2.29. The molecule has 1 aliphatic heterocycles. The number of nitrogens with two attached hydrogens (primary N) is 1. The average molecular weight is 495 g/mol. The zero-order valence-electron chi connectivity index (χ0n) is 21.8. The number of benzene rings is 2. The van der Waals surface area contributed by atoms with Crippen molar-refractivity contribution in [2.75, 3.05) is 19.6 Å². The van der Waals surface area contributed by atoms with Crippen molar-refractivity contribution in [3.8, 4) is 0 Å². The second-order valence-corrected chi connectivity index (χ2v) is 9.79. The number of nitrogens with one attached hydrogen (secondary N) is 2. The van der Waals surface area contributed by atoms with E-state index in [0.717, 1.165) is 54.9 Å². The lowest BCUT2D eigenvalue weighted by atomic mass is 10.00. The standard InChI is InChI=1S/C29H42N4O3/c1-3-22(4-2)29(36)33-18-10-13-26(33)28(35)32-25(27(34)31-17-9-5-8-16-30)20-21-14-15-23-11-6-7-12-24(23)19-21/h6-7,11-12,14-15,19,22,25-26H,3-5,8-10,13,16-18,20,30H2,1-2H3,(H,31,34)(H,32,35)/t25-,26?/m1/s1. The topological polar surface area (TPSA) is 105 Å². The van der Waals surface area contributed by atoms with Crippen molar-refractivity contribution in [3.63, 3.8) is 0 Å². The van der Waals surface area contributed by atoms with Crippen LogP contribution < -0.4 is 16.4 Å². The van der Waals surface area contributed by atoms with Crippen molar-refractivity contribution in [1.29, 1.82) is 0 Å². The molecule has 2 atom stereocenters. The molecule has 0 aliphatic carbocycles. The van der Waals surface area contributed by atoms with Gasteiger partial charge in [0.2, 0.25) is 17.7 Å². The molecule has 7 nitrogen and oxygen atoms in total. The predicted molar refractivity (Wildman–Crippen MR) is 144 cm³/mol. The number of fused-ring (bicyclic) bond motifs is 1. The molecule has 7 heteroatoms. The summed E-state index contributed by atoms with van der Waals surface area (Å²) in [5.74, 6) is -0.451. The summed E-state index contributed by atoms with van der Waals surface area (Å²) in [5.41, 5.74) is 6.54. The number of hydrogen-bond acceptors (Lipinski definition) is 4. The van der Waals surface area contributed by atoms with Crippen LogP contribution in [-0.2, 0) is 20.8 Å². The van der Waals surface area contributed by atoms with Crippen LogP contribution in [0.15, 0.2) is 42.5 Å². The van der Waals surface area contributed by atoms with E-state index in [4.69, 9.17) is 5.73 Å². The third kappa shape index (κ3) is 7.29. The Morgan fingerprint density at radius 3 is 2.50 bits per heavy atom. The molecule has 3 rings (SSSR count). The highest BCUT2D eigenvalue weighted by molar-refractivity contribution is 5.93. The molecule has 36 heavy (non-hydrogen) atoms. The van der Waals surface area contributed by atoms with E-state index in [9.17, 15) is 14.4 Å². The summed E-state index contributed by atoms with van der Waals surface area (Å²) in [6.07, 6.45) is 6.06. The molecule has 1 saturated heterocycles. The molecular weight excluding hydrogens is 452 g/mol. The fourth-order valence-corrected chi connectivity index (χ4v) is 5.04. The monoisotopic (exact) mass is 494 g/mol. The van der Waals surface area contributed by atoms with Gasteiger partial charge < -0.3 is 21.3 Å². The zero-order chi connectivity index (χ0) is 25.9. The van der Waals surface area contributed by atoms with Gasteiger partial charge in [-0.05, 0) is 61.4 Å². The normalized spacial score (nSPS) is 16.3. The van der Waals surface area contributed by atoms with E-state index in [2.05, 4.69) is 22.8 Å². The molecule has 0 spiro atoms. The predicted octanol–water partition coefficient (Wildman–Crippen LogP) is 3.54. The number of hydrogen-bond donors (Lipinski definition) is 3. The van der Waals surface area contributed by atoms with Crippen LogP contribution >= 0.6 is 0 Å². The van der Waals surface area contributed by atoms with Gasteiger partial charge in [-0.2, -0.15) is 0 Å². The minimum absolute atomic E-state index is 0.0492. The van der Waals surface area contributed by atoms with Crippen LogP contribution in [0.5, 0.6) is 0 Å². The number of rotatable bonds is 13. The number of unbranched alkanes of at least 4 members (excludes halogenated alkanes) is 2. The summed E-state index contributed by atoms with van der Waals surface area (Å²) in [6, 6.07) is 13.0. The number of carbonyl (C=O) groups excluding carboxylic acids is 3. The third-order valence-electron chi connectivity index (χ3n) is 7.24. The van der Waals surface area contributed by atoms with Gasteiger partial charge in [-0.3, -0.25) is 14.4 Å². The molecule has 196 valence electrons. The highest BCUT2D eigenvalue weighted by Gasteiger charge is 2.37. The zero-order valence-corrected chi connectivity index (χ0v) is 21.8. The van der Waals surface area contributed by atoms with Crippen molar-refractivity contribution in [2.45, 2.75) is 77.3 Å². The summed E-state index contributed by atoms with van der Waals surface area (Å²) in [5, 5.41) is 8.22. The number of likely N-dealkylation sites (tertiary alicyclic amines) is 1. The summed E-state index contributed by atoms with van der Waals surface area (Å²) in [6.45, 7) is 5.80. The first-order valence-electron chi connectivity index (χ1n) is 13.5. The Labute approximate surface area is 215 Å². The molecule has 3 amide bonds. The average Bonchev–Trinajstić information content (AvgIpc) is 3.39. The van der Waals surface area contributed by atoms with Crippen LogP contribution in [0.2, 0.25) is 0 Å². The summed E-state index contributed by atoms with van der Waals surface area (Å²) >= 11 is 0. The maximum atomic E-state index is 13.4. The first-order chi connectivity index (χ1) is 17.5. The van der Waals surface area contributed by atoms with Crippen LogP contribution in [0.3, 0.4) is 0 Å². The van der Waals surface area contributed by atoms with E-state index in [1.165, 1.54) is 0 Å². The molecule has 2 aromatic rings. The van der Waals surface area contributed by atoms with Gasteiger partial charge in [-0.15, -0.1) is 0 Å². The lowest BCUT2D eigenvalue weighted by Crippen LogP contribution is -2.54. The Hall–Kier alpha value is -2.93. The van der Waals surface area contributed by atoms with E-state index in [1.807, 2.05) is 44.2 Å². The van der Waals surface area contributed by atoms with Crippen molar-refractivity contribution in [3.05, 3.63) is 48.0 Å². The van der Waals surface area contributed by atoms with Crippen LogP contribution in [0.1, 0.15) is 64.4 Å². The molecule has 0 aromatic heterocycles. The van der Waals surface area contributed by atoms with E-state index in [0.29, 0.717) is 32.5 Å². The van der Waals surface area contributed by atoms with Gasteiger partial charge in [-0.25, -0.2) is 0 Å². The van der Waals surface area contributed by atoms with Gasteiger partial charge in [-0.1, -0.05) is 62.7 Å². The van der Waals surface area contributed by atoms with Gasteiger partial charge in [0.25, 0.3) is 0 Å². The molecular formula is C29H42N4O3. The molecule has 1 heterocycles. The molecule has 0 radical (unpaired) electrons. The Morgan fingerprint density at radius 2 is 1.78 bits per heavy atom. The molecule has 2 aromatic carbocycles. The third-order valence-corrected chi connectivity index (χ3v) is 7.24. The van der Waals surface area contributed by atoms with Crippen molar-refractivity contribution in [2.24, 2.45) is 11.7 Å². The minimum Gasteiger partial charge on any atom is -0.354 e. The maximum absolute atomic E-state index is 13.4.